The minimum atomic E-state index is -2.02. The second-order valence-corrected chi connectivity index (χ2v) is 11.4. The monoisotopic (exact) mass is 609 g/mol. The minimum Gasteiger partial charge on any atom is -0.481 e. The molecular weight excluding hydrogens is 574 g/mol. The number of hydrogen-bond acceptors (Lipinski definition) is 4. The van der Waals surface area contributed by atoms with Crippen molar-refractivity contribution in [2.75, 3.05) is 7.05 Å². The fourth-order valence-corrected chi connectivity index (χ4v) is 6.74. The van der Waals surface area contributed by atoms with Crippen LogP contribution in [0.2, 0.25) is 0 Å². The summed E-state index contributed by atoms with van der Waals surface area (Å²) in [5.41, 5.74) is 1.06. The van der Waals surface area contributed by atoms with Crippen molar-refractivity contribution in [1.29, 1.82) is 0 Å². The summed E-state index contributed by atoms with van der Waals surface area (Å²) in [4.78, 5) is 30.1. The number of imidazole rings is 1. The van der Waals surface area contributed by atoms with Crippen molar-refractivity contribution in [2.24, 2.45) is 5.92 Å². The van der Waals surface area contributed by atoms with Crippen LogP contribution in [0.3, 0.4) is 0 Å². The number of carbonyl (C=O) groups is 2. The predicted molar refractivity (Wildman–Crippen MR) is 179 cm³/mol. The van der Waals surface area contributed by atoms with E-state index < -0.39 is 23.0 Å². The molecule has 0 aliphatic rings. The van der Waals surface area contributed by atoms with Gasteiger partial charge in [-0.05, 0) is 51.6 Å². The summed E-state index contributed by atoms with van der Waals surface area (Å²) in [6.45, 7) is 1.75. The molecule has 0 radical (unpaired) electrons. The Morgan fingerprint density at radius 2 is 1.37 bits per heavy atom. The molecule has 0 spiro atoms. The van der Waals surface area contributed by atoms with E-state index >= 15 is 0 Å². The van der Waals surface area contributed by atoms with Gasteiger partial charge in [-0.3, -0.25) is 9.59 Å². The lowest BCUT2D eigenvalue weighted by Crippen LogP contribution is -2.41. The van der Waals surface area contributed by atoms with Crippen LogP contribution in [0.4, 0.5) is 0 Å². The van der Waals surface area contributed by atoms with Gasteiger partial charge in [0.05, 0.1) is 17.9 Å². The summed E-state index contributed by atoms with van der Waals surface area (Å²) >= 11 is 0. The third-order valence-corrected chi connectivity index (χ3v) is 8.93. The summed E-state index contributed by atoms with van der Waals surface area (Å²) in [6, 6.07) is 40.8. The maximum atomic E-state index is 12.9. The van der Waals surface area contributed by atoms with Gasteiger partial charge in [-0.1, -0.05) is 122 Å². The molecule has 230 valence electrons. The summed E-state index contributed by atoms with van der Waals surface area (Å²) < 4.78 is 1.97. The van der Waals surface area contributed by atoms with Crippen LogP contribution in [-0.2, 0) is 15.9 Å². The smallest absolute Gasteiger partial charge is 0.310 e. The first-order chi connectivity index (χ1) is 22.3. The molecule has 1 aromatic heterocycles. The lowest BCUT2D eigenvalue weighted by molar-refractivity contribution is -0.150. The highest BCUT2D eigenvalue weighted by Gasteiger charge is 2.48. The fraction of sp³-hybridized carbons (Fsp3) is 0.154. The van der Waals surface area contributed by atoms with Gasteiger partial charge in [0.15, 0.2) is 0 Å². The Morgan fingerprint density at radius 3 is 1.87 bits per heavy atom. The molecule has 3 N–H and O–H groups in total. The van der Waals surface area contributed by atoms with E-state index in [2.05, 4.69) is 41.7 Å². The van der Waals surface area contributed by atoms with Gasteiger partial charge < -0.3 is 20.1 Å². The maximum Gasteiger partial charge on any atom is 0.310 e. The molecule has 1 heterocycles. The minimum absolute atomic E-state index is 0.145. The highest BCUT2D eigenvalue weighted by atomic mass is 16.4. The van der Waals surface area contributed by atoms with Crippen LogP contribution >= 0.6 is 0 Å². The van der Waals surface area contributed by atoms with E-state index in [9.17, 15) is 19.8 Å². The highest BCUT2D eigenvalue weighted by molar-refractivity contribution is 5.99. The van der Waals surface area contributed by atoms with Gasteiger partial charge in [-0.25, -0.2) is 4.98 Å². The number of carboxylic acids is 1. The van der Waals surface area contributed by atoms with Crippen LogP contribution in [0.5, 0.6) is 0 Å². The lowest BCUT2D eigenvalue weighted by Gasteiger charge is -2.38. The zero-order valence-electron chi connectivity index (χ0n) is 25.7. The molecule has 0 saturated carbocycles. The number of carboxylic acid groups (broad SMARTS) is 1. The van der Waals surface area contributed by atoms with E-state index in [1.54, 1.807) is 56.8 Å². The Hall–Kier alpha value is -5.53. The number of benzene rings is 5. The fourth-order valence-electron chi connectivity index (χ4n) is 6.74. The third kappa shape index (κ3) is 4.95. The summed E-state index contributed by atoms with van der Waals surface area (Å²) in [5.74, 6) is -2.60. The number of carbonyl (C=O) groups excluding carboxylic acids is 1. The number of aliphatic carboxylic acids is 1. The number of amides is 1. The van der Waals surface area contributed by atoms with E-state index in [1.165, 1.54) is 0 Å². The average Bonchev–Trinajstić information content (AvgIpc) is 3.60. The Bertz CT molecular complexity index is 1890. The largest absolute Gasteiger partial charge is 0.481 e. The van der Waals surface area contributed by atoms with Crippen LogP contribution in [0.15, 0.2) is 140 Å². The molecule has 6 aromatic rings. The van der Waals surface area contributed by atoms with Crippen LogP contribution in [0.1, 0.15) is 51.7 Å². The SMILES string of the molecule is CCC(C(=O)O)[C@@](O)(c1cn(C(c2ccccc2)(c2ccccc2)c2ccccc2)cn1)c1cccc2cc(C(=O)NC)ccc12. The molecule has 7 nitrogen and oxygen atoms in total. The van der Waals surface area contributed by atoms with Gasteiger partial charge in [0.1, 0.15) is 11.1 Å². The first-order valence-corrected chi connectivity index (χ1v) is 15.3. The van der Waals surface area contributed by atoms with Crippen molar-refractivity contribution in [1.82, 2.24) is 14.9 Å². The first kappa shape index (κ1) is 30.5. The molecule has 7 heteroatoms. The van der Waals surface area contributed by atoms with Gasteiger partial charge in [0.25, 0.3) is 5.91 Å². The van der Waals surface area contributed by atoms with Crippen LogP contribution in [0.25, 0.3) is 10.8 Å². The Morgan fingerprint density at radius 1 is 0.804 bits per heavy atom. The molecule has 1 amide bonds. The van der Waals surface area contributed by atoms with Crippen molar-refractivity contribution < 1.29 is 19.8 Å². The number of rotatable bonds is 10. The predicted octanol–water partition coefficient (Wildman–Crippen LogP) is 6.58. The van der Waals surface area contributed by atoms with Crippen molar-refractivity contribution >= 4 is 22.6 Å². The Kier molecular flexibility index (Phi) is 8.26. The number of aromatic nitrogens is 2. The Balaban J connectivity index is 1.64. The number of nitrogens with one attached hydrogen (secondary N) is 1. The third-order valence-electron chi connectivity index (χ3n) is 8.93. The number of hydrogen-bond donors (Lipinski definition) is 3. The topological polar surface area (TPSA) is 104 Å². The summed E-state index contributed by atoms with van der Waals surface area (Å²) in [6.07, 6.45) is 3.60. The molecule has 0 aliphatic heterocycles. The number of aliphatic hydroxyl groups is 1. The van der Waals surface area contributed by atoms with Gasteiger partial charge in [0.2, 0.25) is 0 Å². The second kappa shape index (κ2) is 12.5. The van der Waals surface area contributed by atoms with Crippen molar-refractivity contribution in [3.05, 3.63) is 173 Å². The summed E-state index contributed by atoms with van der Waals surface area (Å²) in [7, 11) is 1.57. The first-order valence-electron chi connectivity index (χ1n) is 15.3. The molecule has 6 rings (SSSR count). The van der Waals surface area contributed by atoms with Crippen LogP contribution in [-0.4, -0.2) is 38.7 Å². The molecule has 0 fully saturated rings. The molecule has 5 aromatic carbocycles. The van der Waals surface area contributed by atoms with Gasteiger partial charge in [0, 0.05) is 18.8 Å². The molecule has 0 saturated heterocycles. The van der Waals surface area contributed by atoms with Crippen LogP contribution in [0, 0.1) is 5.92 Å². The van der Waals surface area contributed by atoms with E-state index in [0.717, 1.165) is 16.7 Å². The molecule has 0 bridgehead atoms. The standard InChI is InChI=1S/C39H35N3O4/c1-3-33(37(44)45)39(46,34-21-13-14-27-24-28(36(43)40-2)22-23-32(27)34)35-25-42(26-41-35)38(29-15-7-4-8-16-29,30-17-9-5-10-18-30)31-19-11-6-12-20-31/h4-26,33,46H,3H2,1-2H3,(H,40,43)(H,44,45)/t33?,39-/m0/s1. The highest BCUT2D eigenvalue weighted by Crippen LogP contribution is 2.45. The normalized spacial score (nSPS) is 13.5. The van der Waals surface area contributed by atoms with Crippen LogP contribution < -0.4 is 5.32 Å². The van der Waals surface area contributed by atoms with Gasteiger partial charge in [-0.15, -0.1) is 0 Å². The number of fused-ring (bicyclic) bond motifs is 1. The lowest BCUT2D eigenvalue weighted by atomic mass is 9.75. The van der Waals surface area contributed by atoms with E-state index in [-0.39, 0.29) is 18.0 Å². The maximum absolute atomic E-state index is 12.9. The van der Waals surface area contributed by atoms with Gasteiger partial charge in [-0.2, -0.15) is 0 Å². The zero-order chi connectivity index (χ0) is 32.3. The molecular formula is C39H35N3O4. The molecule has 2 atom stereocenters. The molecule has 46 heavy (non-hydrogen) atoms. The van der Waals surface area contributed by atoms with E-state index in [1.807, 2.05) is 65.2 Å². The van der Waals surface area contributed by atoms with Crippen molar-refractivity contribution in [2.45, 2.75) is 24.5 Å². The average molecular weight is 610 g/mol. The van der Waals surface area contributed by atoms with Crippen molar-refractivity contribution in [3.8, 4) is 0 Å². The quantitative estimate of drug-likeness (QED) is 0.152. The summed E-state index contributed by atoms with van der Waals surface area (Å²) in [5, 5.41) is 27.3. The van der Waals surface area contributed by atoms with E-state index in [0.29, 0.717) is 21.9 Å². The Labute approximate surface area is 267 Å². The van der Waals surface area contributed by atoms with Gasteiger partial charge >= 0.3 is 5.97 Å². The zero-order valence-corrected chi connectivity index (χ0v) is 25.7. The molecule has 1 unspecified atom stereocenters. The molecule has 0 aliphatic carbocycles. The van der Waals surface area contributed by atoms with E-state index in [4.69, 9.17) is 4.98 Å². The second-order valence-electron chi connectivity index (χ2n) is 11.4. The number of nitrogens with zero attached hydrogens (tertiary/aromatic N) is 2. The van der Waals surface area contributed by atoms with Crippen molar-refractivity contribution in [3.63, 3.8) is 0 Å².